The number of nitrogens with zero attached hydrogens (tertiary/aromatic N) is 7. The number of ether oxygens (including phenoxy) is 29. The van der Waals surface area contributed by atoms with Gasteiger partial charge in [0.15, 0.2) is 48.9 Å². The van der Waals surface area contributed by atoms with Crippen LogP contribution in [0.5, 0.6) is 0 Å². The van der Waals surface area contributed by atoms with Crippen molar-refractivity contribution < 1.29 is 203 Å². The summed E-state index contributed by atoms with van der Waals surface area (Å²) in [6, 6.07) is -3.62. The van der Waals surface area contributed by atoms with Gasteiger partial charge in [-0.15, -0.1) is 15.7 Å². The van der Waals surface area contributed by atoms with Gasteiger partial charge >= 0.3 is 41.9 Å². The smallest absolute Gasteiger partial charge is 0.460 e. The molecule has 0 radical (unpaired) electrons. The molecular weight excluding hydrogens is 2010 g/mol. The maximum absolute atomic E-state index is 14.4. The Morgan fingerprint density at radius 1 is 0.433 bits per heavy atom. The number of aromatic nitrogens is 6. The van der Waals surface area contributed by atoms with Gasteiger partial charge in [0.2, 0.25) is 35.3 Å². The number of alkyl halides is 3. The normalized spacial score (nSPS) is 25.5. The molecule has 16 atom stereocenters. The Kier molecular flexibility index (Phi) is 52.3. The third-order valence-electron chi connectivity index (χ3n) is 23.8. The molecule has 2 aromatic heterocycles. The van der Waals surface area contributed by atoms with Crippen LogP contribution in [-0.2, 0) is 216 Å². The molecule has 7 fully saturated rings. The number of rotatable bonds is 76. The summed E-state index contributed by atoms with van der Waals surface area (Å²) in [6.07, 6.45) is -4.63. The second kappa shape index (κ2) is 64.0. The molecule has 0 aliphatic carbocycles. The molecule has 0 saturated carbocycles. The molecule has 150 heavy (non-hydrogen) atoms. The molecule has 6 bridgehead atoms. The fraction of sp³-hybridized carbons (Fsp3) is 0.815. The number of nitrogens with one attached hydrogen (secondary N) is 8. The van der Waals surface area contributed by atoms with Gasteiger partial charge in [0.25, 0.3) is 6.48 Å². The molecule has 8 N–H and O–H groups in total. The van der Waals surface area contributed by atoms with Gasteiger partial charge in [-0.3, -0.25) is 57.7 Å². The second-order valence-electron chi connectivity index (χ2n) is 36.4. The van der Waals surface area contributed by atoms with E-state index in [1.807, 2.05) is 13.1 Å². The van der Waals surface area contributed by atoms with Crippen LogP contribution in [0.25, 0.3) is 0 Å². The van der Waals surface area contributed by atoms with Crippen LogP contribution in [0.2, 0.25) is 0 Å². The number of unbranched alkanes of at least 4 members (excludes halogenated alkanes) is 4. The van der Waals surface area contributed by atoms with E-state index in [-0.39, 0.29) is 235 Å². The van der Waals surface area contributed by atoms with Gasteiger partial charge in [-0.1, -0.05) is 30.2 Å². The Morgan fingerprint density at radius 3 is 1.36 bits per heavy atom. The molecule has 6 amide bonds. The molecule has 8 aliphatic heterocycles. The predicted molar refractivity (Wildman–Crippen MR) is 497 cm³/mol. The molecule has 58 heteroatoms. The van der Waals surface area contributed by atoms with Crippen LogP contribution in [-0.4, -0.2) is 440 Å². The van der Waals surface area contributed by atoms with Gasteiger partial charge < -0.3 is 175 Å². The lowest BCUT2D eigenvalue weighted by atomic mass is 9.81. The standard InChI is InChI=1S/C92H146F3N15O40/c1-60-78(143-64(5)114)75(97-61(2)111)83-139-57-89(60,148-83)55-131-40-38-128-34-32-125-29-26-122-23-19-108-44-69(102-105-108)47-133-52-88(101-74(120)17-12-10-14-18-96-73(119)16-13-11-15-22-136-87-137-50-72(51-138-87)100-86(121)92(93,94)95,54-135-49-71-46-110(107-104-71)21-25-124-28-31-127-36-37-130-42-43-142-91-59-141-85(150-91)77(99-63(4)113)80(145-66(7)116)82(91)147-68(9)118)53-134-48-70-45-109(106-103-70)20-24-123-27-30-126-33-35-129-39-41-132-56-90-58-140-84(149-90)76(98-62(3)112)79(144-65(6)115)81(90)146-67(8)117/h44-46,60,72,75-85,87,102,105H,10-43,47-59H2,1-9H3,(H,96,119)(H,97,111)(H,98,112)(H,99,113)(H,100,121)(H,101,120)/t60?,72?,75-,76-,77-,78+,79-,80?,81-,82-,83+,84-,85+,87?,88?,89+,90+,91+/m1/s1. The molecular formula is C92H146F3N15O40. The van der Waals surface area contributed by atoms with Crippen molar-refractivity contribution in [1.82, 2.24) is 77.9 Å². The Hall–Kier alpha value is -9.42. The predicted octanol–water partition coefficient (Wildman–Crippen LogP) is -2.39. The summed E-state index contributed by atoms with van der Waals surface area (Å²) in [5.74, 6) is -9.07. The van der Waals surface area contributed by atoms with Gasteiger partial charge in [0, 0.05) is 86.9 Å². The van der Waals surface area contributed by atoms with E-state index in [9.17, 15) is 65.9 Å². The zero-order chi connectivity index (χ0) is 108. The summed E-state index contributed by atoms with van der Waals surface area (Å²) < 4.78 is 210. The van der Waals surface area contributed by atoms with Crippen molar-refractivity contribution in [3.05, 3.63) is 35.7 Å². The summed E-state index contributed by atoms with van der Waals surface area (Å²) in [7, 11) is 0. The van der Waals surface area contributed by atoms with Crippen molar-refractivity contribution in [2.24, 2.45) is 5.92 Å². The summed E-state index contributed by atoms with van der Waals surface area (Å²) >= 11 is 0. The summed E-state index contributed by atoms with van der Waals surface area (Å²) in [5.41, 5.74) is 4.12. The largest absolute Gasteiger partial charge is 0.471 e. The van der Waals surface area contributed by atoms with Crippen LogP contribution in [0, 0.1) is 5.92 Å². The number of halogens is 3. The highest BCUT2D eigenvalue weighted by atomic mass is 19.4. The molecule has 3 unspecified atom stereocenters. The number of esters is 5. The number of hydrogen-bond donors (Lipinski definition) is 8. The Balaban J connectivity index is 0.675. The van der Waals surface area contributed by atoms with E-state index in [0.29, 0.717) is 115 Å². The van der Waals surface area contributed by atoms with Crippen LogP contribution in [0.1, 0.15) is 125 Å². The lowest BCUT2D eigenvalue weighted by Gasteiger charge is -2.45. The number of carbonyl (C=O) groups excluding carboxylic acids is 11. The molecule has 8 aliphatic rings. The number of hydrazine groups is 2. The van der Waals surface area contributed by atoms with Gasteiger partial charge in [-0.2, -0.15) is 13.2 Å². The Labute approximate surface area is 864 Å². The second-order valence-corrected chi connectivity index (χ2v) is 36.4. The fourth-order valence-corrected chi connectivity index (χ4v) is 16.9. The average Bonchev–Trinajstić information content (AvgIpc) is 1.58. The fourth-order valence-electron chi connectivity index (χ4n) is 16.9. The lowest BCUT2D eigenvalue weighted by molar-refractivity contribution is -0.323. The van der Waals surface area contributed by atoms with Gasteiger partial charge in [0.1, 0.15) is 53.4 Å². The molecule has 850 valence electrons. The van der Waals surface area contributed by atoms with Gasteiger partial charge in [-0.05, 0) is 25.7 Å². The molecule has 2 aromatic rings. The van der Waals surface area contributed by atoms with Crippen molar-refractivity contribution in [3.8, 4) is 0 Å². The van der Waals surface area contributed by atoms with Crippen molar-refractivity contribution in [1.29, 1.82) is 0 Å². The van der Waals surface area contributed by atoms with Crippen LogP contribution in [0.3, 0.4) is 0 Å². The highest BCUT2D eigenvalue weighted by molar-refractivity contribution is 5.82. The number of hydrogen-bond acceptors (Lipinski definition) is 47. The third-order valence-corrected chi connectivity index (χ3v) is 23.8. The van der Waals surface area contributed by atoms with Crippen molar-refractivity contribution in [2.75, 3.05) is 231 Å². The summed E-state index contributed by atoms with van der Waals surface area (Å²) in [6.45, 7) is 15.8. The topological polar surface area (TPSA) is 616 Å². The maximum atomic E-state index is 14.4. The average molecular weight is 2160 g/mol. The van der Waals surface area contributed by atoms with Crippen molar-refractivity contribution >= 4 is 65.3 Å². The highest BCUT2D eigenvalue weighted by Gasteiger charge is 2.66. The minimum absolute atomic E-state index is 0.0169. The van der Waals surface area contributed by atoms with E-state index >= 15 is 0 Å². The Bertz CT molecular complexity index is 4500. The van der Waals surface area contributed by atoms with E-state index in [4.69, 9.17) is 137 Å². The SMILES string of the molecule is CC(=O)N[C@H]1[C@@H]2OC[C@](COCCOCCOCCOCCn3cc(COCC(COCC4=CN(CCOCCOCCOCCOC[C@@]56CO[C@@H](O5)[C@H](NC(C)=O)[C@@H](OC(C)=O)C6C)NN4)(COCc4cn(CCOCCOCCOCCO[C@@]56CO[C@@H](O5)[C@H](NC(C)=O)C(OC(C)=O)[C@H]6OC(C)=O)nn4)NC(=O)CCCCCNC(=O)CCCCCOC4OCC(NC(=O)C(F)(F)F)CO4)nn3)(O2)[C@H](OC(C)=O)[C@@H]1OC(C)=O. The van der Waals surface area contributed by atoms with Crippen LogP contribution < -0.4 is 42.9 Å². The van der Waals surface area contributed by atoms with Crippen molar-refractivity contribution in [2.45, 2.75) is 249 Å². The molecule has 0 spiro atoms. The molecule has 10 rings (SSSR count). The van der Waals surface area contributed by atoms with Crippen molar-refractivity contribution in [3.63, 3.8) is 0 Å². The summed E-state index contributed by atoms with van der Waals surface area (Å²) in [4.78, 5) is 136. The first-order valence-corrected chi connectivity index (χ1v) is 50.0. The molecule has 55 nitrogen and oxygen atoms in total. The lowest BCUT2D eigenvalue weighted by Crippen LogP contribution is -2.68. The quantitative estimate of drug-likeness (QED) is 0.0195. The van der Waals surface area contributed by atoms with Crippen LogP contribution in [0.15, 0.2) is 24.3 Å². The van der Waals surface area contributed by atoms with E-state index in [2.05, 4.69) is 58.2 Å². The first kappa shape index (κ1) is 122. The van der Waals surface area contributed by atoms with Gasteiger partial charge in [-0.25, -0.2) is 9.36 Å². The zero-order valence-corrected chi connectivity index (χ0v) is 86.1. The maximum Gasteiger partial charge on any atom is 0.471 e. The van der Waals surface area contributed by atoms with E-state index < -0.39 is 156 Å². The van der Waals surface area contributed by atoms with Gasteiger partial charge in [0.05, 0.1) is 268 Å². The number of carbonyl (C=O) groups is 11. The van der Waals surface area contributed by atoms with Crippen LogP contribution >= 0.6 is 0 Å². The molecule has 10 heterocycles. The monoisotopic (exact) mass is 2160 g/mol. The van der Waals surface area contributed by atoms with E-state index in [1.54, 1.807) is 32.1 Å². The van der Waals surface area contributed by atoms with E-state index in [0.717, 1.165) is 0 Å². The van der Waals surface area contributed by atoms with E-state index in [1.165, 1.54) is 55.4 Å². The first-order chi connectivity index (χ1) is 72.1. The molecule has 7 saturated heterocycles. The third kappa shape index (κ3) is 41.8. The molecule has 0 aromatic carbocycles. The highest BCUT2D eigenvalue weighted by Crippen LogP contribution is 2.45. The number of fused-ring (bicyclic) bond motifs is 6. The van der Waals surface area contributed by atoms with Crippen LogP contribution in [0.4, 0.5) is 13.2 Å². The minimum atomic E-state index is -5.04. The summed E-state index contributed by atoms with van der Waals surface area (Å²) in [5, 5.41) is 35.0. The zero-order valence-electron chi connectivity index (χ0n) is 86.1. The minimum Gasteiger partial charge on any atom is -0.460 e. The Morgan fingerprint density at radius 2 is 0.853 bits per heavy atom. The number of amides is 6. The first-order valence-electron chi connectivity index (χ1n) is 50.0.